The topological polar surface area (TPSA) is 49.4 Å². The number of rotatable bonds is 3. The van der Waals surface area contributed by atoms with E-state index in [1.807, 2.05) is 36.4 Å². The summed E-state index contributed by atoms with van der Waals surface area (Å²) in [4.78, 5) is 26.6. The molecule has 1 fully saturated rings. The van der Waals surface area contributed by atoms with Gasteiger partial charge >= 0.3 is 0 Å². The molecule has 1 atom stereocenters. The van der Waals surface area contributed by atoms with Gasteiger partial charge in [-0.05, 0) is 41.1 Å². The number of anilines is 1. The van der Waals surface area contributed by atoms with Gasteiger partial charge < -0.3 is 10.2 Å². The molecule has 0 spiro atoms. The van der Waals surface area contributed by atoms with Crippen LogP contribution in [0.15, 0.2) is 66.7 Å². The first-order valence-corrected chi connectivity index (χ1v) is 8.46. The Morgan fingerprint density at radius 3 is 2.54 bits per heavy atom. The third-order valence-corrected chi connectivity index (χ3v) is 4.63. The van der Waals surface area contributed by atoms with Crippen molar-refractivity contribution in [1.29, 1.82) is 0 Å². The van der Waals surface area contributed by atoms with Gasteiger partial charge in [0.15, 0.2) is 0 Å². The van der Waals surface area contributed by atoms with Crippen molar-refractivity contribution in [3.05, 3.63) is 78.1 Å². The van der Waals surface area contributed by atoms with E-state index in [0.29, 0.717) is 17.8 Å². The minimum absolute atomic E-state index is 0.0835. The number of halogens is 1. The average molecular weight is 348 g/mol. The first kappa shape index (κ1) is 16.3. The molecule has 3 aromatic carbocycles. The van der Waals surface area contributed by atoms with Crippen molar-refractivity contribution in [1.82, 2.24) is 5.32 Å². The van der Waals surface area contributed by atoms with Crippen molar-refractivity contribution in [2.24, 2.45) is 0 Å². The Labute approximate surface area is 150 Å². The Morgan fingerprint density at radius 2 is 1.73 bits per heavy atom. The maximum absolute atomic E-state index is 13.1. The molecule has 1 N–H and O–H groups in total. The summed E-state index contributed by atoms with van der Waals surface area (Å²) < 4.78 is 13.1. The summed E-state index contributed by atoms with van der Waals surface area (Å²) in [5, 5.41) is 4.83. The molecule has 0 aliphatic carbocycles. The van der Waals surface area contributed by atoms with Crippen LogP contribution in [0.3, 0.4) is 0 Å². The van der Waals surface area contributed by atoms with Gasteiger partial charge in [0, 0.05) is 24.2 Å². The molecule has 0 unspecified atom stereocenters. The zero-order chi connectivity index (χ0) is 18.1. The number of hydrogen-bond acceptors (Lipinski definition) is 2. The predicted octanol–water partition coefficient (Wildman–Crippen LogP) is 3.51. The summed E-state index contributed by atoms with van der Waals surface area (Å²) in [6.07, 6.45) is 0.230. The van der Waals surface area contributed by atoms with Gasteiger partial charge in [-0.3, -0.25) is 9.59 Å². The molecule has 1 heterocycles. The number of nitrogens with one attached hydrogen (secondary N) is 1. The summed E-state index contributed by atoms with van der Waals surface area (Å²) in [6, 6.07) is 18.8. The molecule has 2 amide bonds. The lowest BCUT2D eigenvalue weighted by Gasteiger charge is -2.17. The van der Waals surface area contributed by atoms with Crippen molar-refractivity contribution < 1.29 is 14.0 Å². The largest absolute Gasteiger partial charge is 0.347 e. The Bertz CT molecular complexity index is 979. The lowest BCUT2D eigenvalue weighted by molar-refractivity contribution is -0.117. The zero-order valence-corrected chi connectivity index (χ0v) is 14.0. The summed E-state index contributed by atoms with van der Waals surface area (Å²) in [5.41, 5.74) is 1.23. The minimum atomic E-state index is -0.346. The monoisotopic (exact) mass is 348 g/mol. The molecule has 26 heavy (non-hydrogen) atoms. The van der Waals surface area contributed by atoms with Crippen LogP contribution in [-0.2, 0) is 4.79 Å². The van der Waals surface area contributed by atoms with Gasteiger partial charge in [-0.2, -0.15) is 0 Å². The van der Waals surface area contributed by atoms with E-state index in [4.69, 9.17) is 0 Å². The van der Waals surface area contributed by atoms with Crippen molar-refractivity contribution in [3.8, 4) is 0 Å². The first-order valence-electron chi connectivity index (χ1n) is 8.46. The Balaban J connectivity index is 1.52. The van der Waals surface area contributed by atoms with E-state index in [-0.39, 0.29) is 30.1 Å². The van der Waals surface area contributed by atoms with Gasteiger partial charge in [0.05, 0.1) is 6.04 Å². The highest BCUT2D eigenvalue weighted by Crippen LogP contribution is 2.23. The smallest absolute Gasteiger partial charge is 0.252 e. The van der Waals surface area contributed by atoms with Crippen LogP contribution in [0, 0.1) is 5.82 Å². The molecule has 130 valence electrons. The Kier molecular flexibility index (Phi) is 4.13. The fourth-order valence-corrected chi connectivity index (χ4v) is 3.36. The average Bonchev–Trinajstić information content (AvgIpc) is 3.02. The van der Waals surface area contributed by atoms with Gasteiger partial charge in [-0.25, -0.2) is 4.39 Å². The van der Waals surface area contributed by atoms with E-state index in [2.05, 4.69) is 5.32 Å². The lowest BCUT2D eigenvalue weighted by Crippen LogP contribution is -2.37. The number of amides is 2. The predicted molar refractivity (Wildman–Crippen MR) is 98.6 cm³/mol. The molecule has 1 aliphatic rings. The molecule has 4 rings (SSSR count). The zero-order valence-electron chi connectivity index (χ0n) is 14.0. The molecule has 5 heteroatoms. The number of hydrogen-bond donors (Lipinski definition) is 1. The summed E-state index contributed by atoms with van der Waals surface area (Å²) in [5.74, 6) is -0.624. The van der Waals surface area contributed by atoms with Crippen molar-refractivity contribution in [2.45, 2.75) is 12.5 Å². The molecule has 0 saturated carbocycles. The quantitative estimate of drug-likeness (QED) is 0.787. The van der Waals surface area contributed by atoms with E-state index < -0.39 is 0 Å². The van der Waals surface area contributed by atoms with Crippen LogP contribution in [0.5, 0.6) is 0 Å². The molecule has 1 aliphatic heterocycles. The highest BCUT2D eigenvalue weighted by Gasteiger charge is 2.31. The number of carbonyl (C=O) groups is 2. The highest BCUT2D eigenvalue weighted by molar-refractivity contribution is 6.07. The molecular formula is C21H17FN2O2. The maximum atomic E-state index is 13.1. The number of carbonyl (C=O) groups excluding carboxylic acids is 2. The van der Waals surface area contributed by atoms with E-state index in [1.54, 1.807) is 23.1 Å². The number of fused-ring (bicyclic) bond motifs is 1. The van der Waals surface area contributed by atoms with Crippen molar-refractivity contribution in [3.63, 3.8) is 0 Å². The molecule has 0 bridgehead atoms. The molecule has 1 saturated heterocycles. The van der Waals surface area contributed by atoms with Crippen LogP contribution < -0.4 is 10.2 Å². The normalized spacial score (nSPS) is 16.9. The van der Waals surface area contributed by atoms with Crippen LogP contribution in [0.4, 0.5) is 10.1 Å². The van der Waals surface area contributed by atoms with E-state index >= 15 is 0 Å². The summed E-state index contributed by atoms with van der Waals surface area (Å²) in [6.45, 7) is 0.376. The van der Waals surface area contributed by atoms with Crippen LogP contribution >= 0.6 is 0 Å². The Morgan fingerprint density at radius 1 is 1.00 bits per heavy atom. The fourth-order valence-electron chi connectivity index (χ4n) is 3.36. The van der Waals surface area contributed by atoms with E-state index in [9.17, 15) is 14.0 Å². The highest BCUT2D eigenvalue weighted by atomic mass is 19.1. The summed E-state index contributed by atoms with van der Waals surface area (Å²) >= 11 is 0. The molecule has 0 aromatic heterocycles. The van der Waals surface area contributed by atoms with E-state index in [1.165, 1.54) is 12.1 Å². The second kappa shape index (κ2) is 6.59. The molecule has 4 nitrogen and oxygen atoms in total. The molecule has 0 radical (unpaired) electrons. The van der Waals surface area contributed by atoms with Crippen LogP contribution in [0.25, 0.3) is 10.8 Å². The second-order valence-corrected chi connectivity index (χ2v) is 6.38. The van der Waals surface area contributed by atoms with Crippen molar-refractivity contribution >= 4 is 28.3 Å². The first-order chi connectivity index (χ1) is 12.6. The van der Waals surface area contributed by atoms with Crippen LogP contribution in [0.2, 0.25) is 0 Å². The SMILES string of the molecule is O=C(N[C@@H]1CC(=O)N(c2ccc(F)cc2)C1)c1cccc2ccccc12. The molecule has 3 aromatic rings. The fraction of sp³-hybridized carbons (Fsp3) is 0.143. The molecular weight excluding hydrogens is 331 g/mol. The number of benzene rings is 3. The standard InChI is InChI=1S/C21H17FN2O2/c22-15-8-10-17(11-9-15)24-13-16(12-20(24)25)23-21(26)19-7-3-5-14-4-1-2-6-18(14)19/h1-11,16H,12-13H2,(H,23,26)/t16-/m1/s1. The van der Waals surface area contributed by atoms with Crippen LogP contribution in [-0.4, -0.2) is 24.4 Å². The van der Waals surface area contributed by atoms with Crippen LogP contribution in [0.1, 0.15) is 16.8 Å². The van der Waals surface area contributed by atoms with Gasteiger partial charge in [-0.1, -0.05) is 36.4 Å². The lowest BCUT2D eigenvalue weighted by atomic mass is 10.0. The number of nitrogens with zero attached hydrogens (tertiary/aromatic N) is 1. The Hall–Kier alpha value is -3.21. The third-order valence-electron chi connectivity index (χ3n) is 4.63. The van der Waals surface area contributed by atoms with E-state index in [0.717, 1.165) is 10.8 Å². The van der Waals surface area contributed by atoms with Gasteiger partial charge in [0.2, 0.25) is 5.91 Å². The van der Waals surface area contributed by atoms with Gasteiger partial charge in [-0.15, -0.1) is 0 Å². The van der Waals surface area contributed by atoms with Crippen molar-refractivity contribution in [2.75, 3.05) is 11.4 Å². The summed E-state index contributed by atoms with van der Waals surface area (Å²) in [7, 11) is 0. The maximum Gasteiger partial charge on any atom is 0.252 e. The second-order valence-electron chi connectivity index (χ2n) is 6.38. The third kappa shape index (κ3) is 3.04. The minimum Gasteiger partial charge on any atom is -0.347 e. The van der Waals surface area contributed by atoms with Gasteiger partial charge in [0.25, 0.3) is 5.91 Å². The van der Waals surface area contributed by atoms with Gasteiger partial charge in [0.1, 0.15) is 5.82 Å².